The molecule has 1 aromatic carbocycles. The van der Waals surface area contributed by atoms with Gasteiger partial charge in [0.25, 0.3) is 0 Å². The molecule has 0 aliphatic carbocycles. The second-order valence-corrected chi connectivity index (χ2v) is 4.92. The maximum absolute atomic E-state index is 13.6. The molecule has 1 aromatic heterocycles. The topological polar surface area (TPSA) is 88.7 Å². The maximum Gasteiger partial charge on any atom is 0.325 e. The lowest BCUT2D eigenvalue weighted by Gasteiger charge is -2.27. The van der Waals surface area contributed by atoms with Crippen LogP contribution >= 0.6 is 0 Å². The number of aromatic nitrogens is 2. The molecule has 2 rings (SSSR count). The van der Waals surface area contributed by atoms with Gasteiger partial charge in [-0.3, -0.25) is 9.69 Å². The summed E-state index contributed by atoms with van der Waals surface area (Å²) in [5.41, 5.74) is 0.238. The molecule has 23 heavy (non-hydrogen) atoms. The van der Waals surface area contributed by atoms with E-state index in [1.54, 1.807) is 18.7 Å². The van der Waals surface area contributed by atoms with Crippen molar-refractivity contribution in [1.82, 2.24) is 15.0 Å². The molecule has 0 amide bonds. The highest BCUT2D eigenvalue weighted by Crippen LogP contribution is 2.31. The average Bonchev–Trinajstić information content (AvgIpc) is 2.91. The lowest BCUT2D eigenvalue weighted by atomic mass is 10.0. The molecule has 0 fully saturated rings. The Hall–Kier alpha value is -2.48. The van der Waals surface area contributed by atoms with Crippen molar-refractivity contribution < 1.29 is 23.6 Å². The zero-order valence-electron chi connectivity index (χ0n) is 13.1. The Kier molecular flexibility index (Phi) is 5.28. The number of benzene rings is 1. The number of carbonyl (C=O) groups is 1. The molecule has 0 saturated carbocycles. The van der Waals surface area contributed by atoms with E-state index in [1.165, 1.54) is 25.3 Å². The summed E-state index contributed by atoms with van der Waals surface area (Å²) in [4.78, 5) is 17.5. The quantitative estimate of drug-likeness (QED) is 0.835. The summed E-state index contributed by atoms with van der Waals surface area (Å²) in [5.74, 6) is -0.576. The van der Waals surface area contributed by atoms with E-state index in [0.717, 1.165) is 0 Å². The van der Waals surface area contributed by atoms with Crippen molar-refractivity contribution in [3.8, 4) is 5.75 Å². The van der Waals surface area contributed by atoms with Crippen LogP contribution < -0.4 is 4.74 Å². The number of hydrogen-bond acceptors (Lipinski definition) is 6. The molecule has 1 unspecified atom stereocenters. The predicted molar refractivity (Wildman–Crippen MR) is 78.4 cm³/mol. The lowest BCUT2D eigenvalue weighted by molar-refractivity contribution is -0.144. The highest BCUT2D eigenvalue weighted by Gasteiger charge is 2.30. The van der Waals surface area contributed by atoms with Crippen molar-refractivity contribution in [1.29, 1.82) is 0 Å². The van der Waals surface area contributed by atoms with Crippen LogP contribution in [0.5, 0.6) is 5.75 Å². The first-order chi connectivity index (χ1) is 11.0. The summed E-state index contributed by atoms with van der Waals surface area (Å²) >= 11 is 0. The molecule has 1 atom stereocenters. The second-order valence-electron chi connectivity index (χ2n) is 4.92. The van der Waals surface area contributed by atoms with Gasteiger partial charge in [-0.25, -0.2) is 4.39 Å². The Labute approximate surface area is 132 Å². The fourth-order valence-corrected chi connectivity index (χ4v) is 2.38. The van der Waals surface area contributed by atoms with Gasteiger partial charge in [0.1, 0.15) is 17.6 Å². The second kappa shape index (κ2) is 7.19. The Morgan fingerprint density at radius 3 is 2.78 bits per heavy atom. The summed E-state index contributed by atoms with van der Waals surface area (Å²) in [5, 5.41) is 13.4. The molecule has 124 valence electrons. The minimum Gasteiger partial charge on any atom is -0.496 e. The van der Waals surface area contributed by atoms with E-state index < -0.39 is 17.8 Å². The normalized spacial score (nSPS) is 12.4. The first kappa shape index (κ1) is 16.9. The number of likely N-dealkylation sites (N-methyl/N-ethyl adjacent to an activating group) is 1. The van der Waals surface area contributed by atoms with Gasteiger partial charge in [-0.15, -0.1) is 0 Å². The first-order valence-electron chi connectivity index (χ1n) is 7.05. The summed E-state index contributed by atoms with van der Waals surface area (Å²) in [6.45, 7) is 4.00. The largest absolute Gasteiger partial charge is 0.496 e. The molecule has 7 nitrogen and oxygen atoms in total. The van der Waals surface area contributed by atoms with Crippen LogP contribution in [0, 0.1) is 12.7 Å². The van der Waals surface area contributed by atoms with Crippen LogP contribution in [0.3, 0.4) is 0 Å². The minimum atomic E-state index is -1.11. The summed E-state index contributed by atoms with van der Waals surface area (Å²) in [6, 6.07) is 2.71. The predicted octanol–water partition coefficient (Wildman–Crippen LogP) is 2.17. The molecule has 8 heteroatoms. The van der Waals surface area contributed by atoms with Gasteiger partial charge in [0, 0.05) is 12.5 Å². The molecule has 0 spiro atoms. The Morgan fingerprint density at radius 1 is 1.52 bits per heavy atom. The molecule has 1 N–H and O–H groups in total. The van der Waals surface area contributed by atoms with E-state index in [2.05, 4.69) is 10.1 Å². The number of hydrogen-bond donors (Lipinski definition) is 1. The van der Waals surface area contributed by atoms with Crippen molar-refractivity contribution in [3.05, 3.63) is 41.3 Å². The lowest BCUT2D eigenvalue weighted by Crippen LogP contribution is -2.34. The SMILES string of the molecule is CCN(Cc1noc(C)n1)C(C(=O)O)c1cc(F)ccc1OC. The third kappa shape index (κ3) is 3.84. The molecular weight excluding hydrogens is 305 g/mol. The molecule has 0 radical (unpaired) electrons. The zero-order valence-corrected chi connectivity index (χ0v) is 13.1. The van der Waals surface area contributed by atoms with Gasteiger partial charge < -0.3 is 14.4 Å². The van der Waals surface area contributed by atoms with Gasteiger partial charge >= 0.3 is 5.97 Å². The fourth-order valence-electron chi connectivity index (χ4n) is 2.38. The minimum absolute atomic E-state index is 0.157. The van der Waals surface area contributed by atoms with Gasteiger partial charge in [0.15, 0.2) is 5.82 Å². The zero-order chi connectivity index (χ0) is 17.0. The van der Waals surface area contributed by atoms with Crippen LogP contribution in [0.4, 0.5) is 4.39 Å². The number of ether oxygens (including phenoxy) is 1. The molecule has 1 heterocycles. The Bertz CT molecular complexity index is 689. The third-order valence-electron chi connectivity index (χ3n) is 3.41. The smallest absolute Gasteiger partial charge is 0.325 e. The van der Waals surface area contributed by atoms with Gasteiger partial charge in [0.05, 0.1) is 13.7 Å². The molecule has 2 aromatic rings. The molecule has 0 saturated heterocycles. The van der Waals surface area contributed by atoms with Crippen molar-refractivity contribution >= 4 is 5.97 Å². The van der Waals surface area contributed by atoms with Crippen molar-refractivity contribution in [2.45, 2.75) is 26.4 Å². The summed E-state index contributed by atoms with van der Waals surface area (Å²) in [6.07, 6.45) is 0. The number of halogens is 1. The van der Waals surface area contributed by atoms with Crippen LogP contribution in [0.25, 0.3) is 0 Å². The number of carboxylic acid groups (broad SMARTS) is 1. The van der Waals surface area contributed by atoms with Crippen LogP contribution in [-0.4, -0.2) is 39.8 Å². The van der Waals surface area contributed by atoms with E-state index in [1.807, 2.05) is 0 Å². The van der Waals surface area contributed by atoms with Crippen LogP contribution in [0.2, 0.25) is 0 Å². The summed E-state index contributed by atoms with van der Waals surface area (Å²) in [7, 11) is 1.41. The standard InChI is InChI=1S/C15H18FN3O4/c1-4-19(8-13-17-9(2)23-18-13)14(15(20)21)11-7-10(16)5-6-12(11)22-3/h5-7,14H,4,8H2,1-3H3,(H,20,21). The van der Waals surface area contributed by atoms with Crippen LogP contribution in [0.1, 0.15) is 30.2 Å². The van der Waals surface area contributed by atoms with Gasteiger partial charge in [-0.05, 0) is 24.7 Å². The van der Waals surface area contributed by atoms with Crippen molar-refractivity contribution in [3.63, 3.8) is 0 Å². The molecule has 0 aliphatic heterocycles. The van der Waals surface area contributed by atoms with E-state index in [9.17, 15) is 14.3 Å². The summed E-state index contributed by atoms with van der Waals surface area (Å²) < 4.78 is 23.7. The van der Waals surface area contributed by atoms with Gasteiger partial charge in [-0.2, -0.15) is 4.98 Å². The number of methoxy groups -OCH3 is 1. The molecule has 0 bridgehead atoms. The third-order valence-corrected chi connectivity index (χ3v) is 3.41. The van der Waals surface area contributed by atoms with E-state index in [0.29, 0.717) is 24.0 Å². The van der Waals surface area contributed by atoms with E-state index >= 15 is 0 Å². The Morgan fingerprint density at radius 2 is 2.26 bits per heavy atom. The first-order valence-corrected chi connectivity index (χ1v) is 7.05. The van der Waals surface area contributed by atoms with Gasteiger partial charge in [0.2, 0.25) is 5.89 Å². The van der Waals surface area contributed by atoms with E-state index in [-0.39, 0.29) is 12.1 Å². The monoisotopic (exact) mass is 323 g/mol. The van der Waals surface area contributed by atoms with Crippen LogP contribution in [-0.2, 0) is 11.3 Å². The maximum atomic E-state index is 13.6. The van der Waals surface area contributed by atoms with Crippen LogP contribution in [0.15, 0.2) is 22.7 Å². The van der Waals surface area contributed by atoms with E-state index in [4.69, 9.17) is 9.26 Å². The van der Waals surface area contributed by atoms with Crippen molar-refractivity contribution in [2.24, 2.45) is 0 Å². The number of carboxylic acids is 1. The number of rotatable bonds is 7. The Balaban J connectivity index is 2.39. The van der Waals surface area contributed by atoms with Gasteiger partial charge in [-0.1, -0.05) is 12.1 Å². The van der Waals surface area contributed by atoms with Crippen molar-refractivity contribution in [2.75, 3.05) is 13.7 Å². The molecule has 0 aliphatic rings. The highest BCUT2D eigenvalue weighted by molar-refractivity contribution is 5.76. The molecular formula is C15H18FN3O4. The fraction of sp³-hybridized carbons (Fsp3) is 0.400. The highest BCUT2D eigenvalue weighted by atomic mass is 19.1. The number of nitrogens with zero attached hydrogens (tertiary/aromatic N) is 3. The number of aryl methyl sites for hydroxylation is 1. The number of aliphatic carboxylic acids is 1. The average molecular weight is 323 g/mol.